The molecule has 0 spiro atoms. The first-order valence-electron chi connectivity index (χ1n) is 6.26. The smallest absolute Gasteiger partial charge is 0.243 e. The lowest BCUT2D eigenvalue weighted by Gasteiger charge is -2.20. The van der Waals surface area contributed by atoms with Gasteiger partial charge in [0.05, 0.1) is 11.5 Å². The lowest BCUT2D eigenvalue weighted by Crippen LogP contribution is -2.32. The molecule has 2 rings (SSSR count). The summed E-state index contributed by atoms with van der Waals surface area (Å²) >= 11 is 1.27. The highest BCUT2D eigenvalue weighted by molar-refractivity contribution is 7.89. The Labute approximate surface area is 118 Å². The summed E-state index contributed by atoms with van der Waals surface area (Å²) in [6.45, 7) is 2.42. The number of aliphatic hydroxyl groups excluding tert-OH is 1. The number of nitrogens with zero attached hydrogens (tertiary/aromatic N) is 2. The SMILES string of the molecule is CN1CCC(CN(C)S(=O)(=O)c2csc(CO)c2)C1. The molecule has 0 saturated carbocycles. The zero-order valence-electron chi connectivity index (χ0n) is 11.2. The molecule has 1 aliphatic heterocycles. The third kappa shape index (κ3) is 3.35. The van der Waals surface area contributed by atoms with Crippen molar-refractivity contribution in [2.75, 3.05) is 33.7 Å². The van der Waals surface area contributed by atoms with Crippen LogP contribution in [0.1, 0.15) is 11.3 Å². The number of sulfonamides is 1. The fourth-order valence-corrected chi connectivity index (χ4v) is 4.76. The first kappa shape index (κ1) is 14.9. The summed E-state index contributed by atoms with van der Waals surface area (Å²) in [5, 5.41) is 10.6. The van der Waals surface area contributed by atoms with Crippen molar-refractivity contribution in [3.05, 3.63) is 16.3 Å². The number of thiophene rings is 1. The van der Waals surface area contributed by atoms with Gasteiger partial charge in [0, 0.05) is 30.4 Å². The molecule has 0 aliphatic carbocycles. The fraction of sp³-hybridized carbons (Fsp3) is 0.667. The van der Waals surface area contributed by atoms with Gasteiger partial charge in [-0.15, -0.1) is 11.3 Å². The van der Waals surface area contributed by atoms with Gasteiger partial charge in [0.2, 0.25) is 10.0 Å². The molecule has 7 heteroatoms. The van der Waals surface area contributed by atoms with E-state index in [1.165, 1.54) is 15.6 Å². The van der Waals surface area contributed by atoms with Gasteiger partial charge in [0.1, 0.15) is 0 Å². The van der Waals surface area contributed by atoms with Crippen LogP contribution < -0.4 is 0 Å². The summed E-state index contributed by atoms with van der Waals surface area (Å²) in [5.41, 5.74) is 0. The second kappa shape index (κ2) is 5.88. The Kier molecular flexibility index (Phi) is 4.62. The first-order valence-corrected chi connectivity index (χ1v) is 8.58. The first-order chi connectivity index (χ1) is 8.93. The maximum Gasteiger partial charge on any atom is 0.243 e. The number of aliphatic hydroxyl groups is 1. The minimum absolute atomic E-state index is 0.114. The van der Waals surface area contributed by atoms with Crippen molar-refractivity contribution in [1.82, 2.24) is 9.21 Å². The van der Waals surface area contributed by atoms with Crippen molar-refractivity contribution in [3.8, 4) is 0 Å². The van der Waals surface area contributed by atoms with Crippen LogP contribution in [-0.4, -0.2) is 56.5 Å². The van der Waals surface area contributed by atoms with Crippen LogP contribution in [0.25, 0.3) is 0 Å². The zero-order valence-corrected chi connectivity index (χ0v) is 12.9. The van der Waals surface area contributed by atoms with E-state index >= 15 is 0 Å². The number of hydrogen-bond donors (Lipinski definition) is 1. The fourth-order valence-electron chi connectivity index (χ4n) is 2.40. The molecule has 1 aromatic heterocycles. The van der Waals surface area contributed by atoms with E-state index in [2.05, 4.69) is 11.9 Å². The van der Waals surface area contributed by atoms with Crippen LogP contribution in [0, 0.1) is 5.92 Å². The maximum absolute atomic E-state index is 12.4. The molecule has 19 heavy (non-hydrogen) atoms. The predicted molar refractivity (Wildman–Crippen MR) is 75.7 cm³/mol. The molecule has 1 unspecified atom stereocenters. The van der Waals surface area contributed by atoms with Crippen LogP contribution in [0.3, 0.4) is 0 Å². The summed E-state index contributed by atoms with van der Waals surface area (Å²) in [5.74, 6) is 0.403. The van der Waals surface area contributed by atoms with Gasteiger partial charge in [0.15, 0.2) is 0 Å². The van der Waals surface area contributed by atoms with Gasteiger partial charge in [-0.2, -0.15) is 0 Å². The maximum atomic E-state index is 12.4. The molecule has 5 nitrogen and oxygen atoms in total. The Morgan fingerprint density at radius 1 is 1.58 bits per heavy atom. The minimum Gasteiger partial charge on any atom is -0.391 e. The van der Waals surface area contributed by atoms with Crippen molar-refractivity contribution in [1.29, 1.82) is 0 Å². The molecule has 108 valence electrons. The third-order valence-corrected chi connectivity index (χ3v) is 6.37. The Bertz CT molecular complexity index is 527. The summed E-state index contributed by atoms with van der Waals surface area (Å²) in [6, 6.07) is 1.55. The Morgan fingerprint density at radius 2 is 2.32 bits per heavy atom. The normalized spacial score (nSPS) is 21.4. The van der Waals surface area contributed by atoms with Crippen LogP contribution in [0.15, 0.2) is 16.3 Å². The van der Waals surface area contributed by atoms with E-state index in [0.717, 1.165) is 19.5 Å². The topological polar surface area (TPSA) is 60.9 Å². The van der Waals surface area contributed by atoms with E-state index in [-0.39, 0.29) is 11.5 Å². The molecular weight excluding hydrogens is 284 g/mol. The predicted octanol–water partition coefficient (Wildman–Crippen LogP) is 0.813. The second-order valence-electron chi connectivity index (χ2n) is 5.11. The molecule has 0 amide bonds. The molecule has 0 radical (unpaired) electrons. The van der Waals surface area contributed by atoms with Crippen molar-refractivity contribution in [2.45, 2.75) is 17.9 Å². The Morgan fingerprint density at radius 3 is 2.84 bits per heavy atom. The van der Waals surface area contributed by atoms with Crippen molar-refractivity contribution in [3.63, 3.8) is 0 Å². The molecule has 1 fully saturated rings. The van der Waals surface area contributed by atoms with Gasteiger partial charge >= 0.3 is 0 Å². The molecule has 1 aromatic rings. The molecule has 0 bridgehead atoms. The lowest BCUT2D eigenvalue weighted by atomic mass is 10.1. The number of hydrogen-bond acceptors (Lipinski definition) is 5. The number of likely N-dealkylation sites (tertiary alicyclic amines) is 1. The second-order valence-corrected chi connectivity index (χ2v) is 8.15. The van der Waals surface area contributed by atoms with E-state index in [0.29, 0.717) is 17.3 Å². The molecule has 1 saturated heterocycles. The van der Waals surface area contributed by atoms with Crippen LogP contribution in [-0.2, 0) is 16.6 Å². The lowest BCUT2D eigenvalue weighted by molar-refractivity contribution is 0.285. The van der Waals surface area contributed by atoms with E-state index < -0.39 is 10.0 Å². The summed E-state index contributed by atoms with van der Waals surface area (Å²) in [4.78, 5) is 3.18. The van der Waals surface area contributed by atoms with Gasteiger partial charge in [-0.1, -0.05) is 0 Å². The van der Waals surface area contributed by atoms with Gasteiger partial charge in [0.25, 0.3) is 0 Å². The molecule has 1 N–H and O–H groups in total. The zero-order chi connectivity index (χ0) is 14.0. The van der Waals surface area contributed by atoms with Crippen molar-refractivity contribution >= 4 is 21.4 Å². The largest absolute Gasteiger partial charge is 0.391 e. The molecule has 2 heterocycles. The summed E-state index contributed by atoms with van der Waals surface area (Å²) < 4.78 is 26.2. The monoisotopic (exact) mass is 304 g/mol. The van der Waals surface area contributed by atoms with E-state index in [9.17, 15) is 8.42 Å². The minimum atomic E-state index is -3.42. The van der Waals surface area contributed by atoms with Gasteiger partial charge < -0.3 is 10.0 Å². The summed E-state index contributed by atoms with van der Waals surface area (Å²) in [7, 11) is 0.266. The molecule has 1 aliphatic rings. The third-order valence-electron chi connectivity index (χ3n) is 3.50. The van der Waals surface area contributed by atoms with Crippen LogP contribution in [0.2, 0.25) is 0 Å². The van der Waals surface area contributed by atoms with Gasteiger partial charge in [-0.3, -0.25) is 0 Å². The molecule has 1 atom stereocenters. The quantitative estimate of drug-likeness (QED) is 0.874. The number of rotatable bonds is 5. The summed E-state index contributed by atoms with van der Waals surface area (Å²) in [6.07, 6.45) is 1.04. The van der Waals surface area contributed by atoms with E-state index in [4.69, 9.17) is 5.11 Å². The van der Waals surface area contributed by atoms with Gasteiger partial charge in [-0.25, -0.2) is 12.7 Å². The van der Waals surface area contributed by atoms with Crippen molar-refractivity contribution < 1.29 is 13.5 Å². The highest BCUT2D eigenvalue weighted by Crippen LogP contribution is 2.24. The van der Waals surface area contributed by atoms with Crippen LogP contribution in [0.5, 0.6) is 0 Å². The standard InChI is InChI=1S/C12H20N2O3S2/c1-13-4-3-10(6-13)7-14(2)19(16,17)12-5-11(8-15)18-9-12/h5,9-10,15H,3-4,6-8H2,1-2H3. The van der Waals surface area contributed by atoms with E-state index in [1.807, 2.05) is 0 Å². The average Bonchev–Trinajstić information content (AvgIpc) is 2.98. The van der Waals surface area contributed by atoms with Crippen molar-refractivity contribution in [2.24, 2.45) is 5.92 Å². The highest BCUT2D eigenvalue weighted by Gasteiger charge is 2.27. The molecular formula is C12H20N2O3S2. The Balaban J connectivity index is 2.06. The average molecular weight is 304 g/mol. The highest BCUT2D eigenvalue weighted by atomic mass is 32.2. The Hall–Kier alpha value is -0.470. The van der Waals surface area contributed by atoms with Crippen LogP contribution >= 0.6 is 11.3 Å². The van der Waals surface area contributed by atoms with Gasteiger partial charge in [-0.05, 0) is 32.0 Å². The van der Waals surface area contributed by atoms with Crippen LogP contribution in [0.4, 0.5) is 0 Å². The van der Waals surface area contributed by atoms with E-state index in [1.54, 1.807) is 18.5 Å². The molecule has 0 aromatic carbocycles.